The van der Waals surface area contributed by atoms with Crippen LogP contribution in [0.4, 0.5) is 0 Å². The summed E-state index contributed by atoms with van der Waals surface area (Å²) in [6.45, 7) is 3.25. The van der Waals surface area contributed by atoms with E-state index in [1.165, 1.54) is 6.08 Å². The topological polar surface area (TPSA) is 34.1 Å². The van der Waals surface area contributed by atoms with Gasteiger partial charge in [0.1, 0.15) is 0 Å². The molecular formula is C5H8ClO2S. The number of hydrogen-bond donors (Lipinski definition) is 0. The summed E-state index contributed by atoms with van der Waals surface area (Å²) in [5, 5.41) is 0. The molecule has 0 aromatic heterocycles. The maximum atomic E-state index is 10.6. The molecule has 0 atom stereocenters. The molecule has 0 saturated carbocycles. The second-order valence-electron chi connectivity index (χ2n) is 1.43. The van der Waals surface area contributed by atoms with E-state index < -0.39 is 9.84 Å². The number of rotatable bonds is 4. The maximum absolute atomic E-state index is 10.6. The molecule has 4 heteroatoms. The van der Waals surface area contributed by atoms with Gasteiger partial charge in [-0.05, 0) is 0 Å². The second kappa shape index (κ2) is 3.90. The summed E-state index contributed by atoms with van der Waals surface area (Å²) in [7, 11) is -3.06. The molecule has 0 rings (SSSR count). The molecule has 0 fully saturated rings. The van der Waals surface area contributed by atoms with Gasteiger partial charge in [0.25, 0.3) is 0 Å². The van der Waals surface area contributed by atoms with Crippen LogP contribution in [-0.4, -0.2) is 20.1 Å². The van der Waals surface area contributed by atoms with Gasteiger partial charge in [-0.15, -0.1) is 18.2 Å². The summed E-state index contributed by atoms with van der Waals surface area (Å²) in [5.41, 5.74) is 0. The van der Waals surface area contributed by atoms with Crippen LogP contribution in [0.3, 0.4) is 0 Å². The van der Waals surface area contributed by atoms with Crippen molar-refractivity contribution in [1.29, 1.82) is 0 Å². The number of alkyl halides is 1. The lowest BCUT2D eigenvalue weighted by Crippen LogP contribution is -2.05. The third kappa shape index (κ3) is 4.48. The Kier molecular flexibility index (Phi) is 3.89. The quantitative estimate of drug-likeness (QED) is 0.586. The van der Waals surface area contributed by atoms with Crippen molar-refractivity contribution in [3.05, 3.63) is 18.4 Å². The highest BCUT2D eigenvalue weighted by atomic mass is 35.5. The van der Waals surface area contributed by atoms with Crippen LogP contribution in [0, 0.1) is 5.75 Å². The predicted octanol–water partition coefficient (Wildman–Crippen LogP) is 0.988. The average Bonchev–Trinajstić information content (AvgIpc) is 1.64. The highest BCUT2D eigenvalue weighted by Gasteiger charge is 2.05. The highest BCUT2D eigenvalue weighted by molar-refractivity contribution is 7.93. The molecule has 1 radical (unpaired) electrons. The molecule has 0 aliphatic carbocycles. The molecule has 0 N–H and O–H groups in total. The fourth-order valence-electron chi connectivity index (χ4n) is 0.322. The Labute approximate surface area is 60.4 Å². The fourth-order valence-corrected chi connectivity index (χ4v) is 1.61. The molecule has 0 saturated heterocycles. The largest absolute Gasteiger partial charge is 0.228 e. The average molecular weight is 168 g/mol. The van der Waals surface area contributed by atoms with Crippen LogP contribution < -0.4 is 0 Å². The lowest BCUT2D eigenvalue weighted by Gasteiger charge is -1.93. The van der Waals surface area contributed by atoms with Crippen molar-refractivity contribution in [1.82, 2.24) is 0 Å². The summed E-state index contributed by atoms with van der Waals surface area (Å²) in [6.07, 6.45) is 1.24. The van der Waals surface area contributed by atoms with Gasteiger partial charge in [-0.3, -0.25) is 0 Å². The highest BCUT2D eigenvalue weighted by Crippen LogP contribution is 1.96. The number of sulfone groups is 1. The molecule has 2 nitrogen and oxygen atoms in total. The van der Waals surface area contributed by atoms with E-state index in [2.05, 4.69) is 6.58 Å². The molecule has 0 aliphatic heterocycles. The minimum absolute atomic E-state index is 0.0133. The van der Waals surface area contributed by atoms with Gasteiger partial charge in [-0.2, -0.15) is 0 Å². The summed E-state index contributed by atoms with van der Waals surface area (Å²) >= 11 is 5.19. The van der Waals surface area contributed by atoms with Gasteiger partial charge in [0.2, 0.25) is 0 Å². The van der Waals surface area contributed by atoms with Crippen LogP contribution in [-0.2, 0) is 9.84 Å². The zero-order valence-electron chi connectivity index (χ0n) is 4.88. The van der Waals surface area contributed by atoms with Gasteiger partial charge < -0.3 is 0 Å². The van der Waals surface area contributed by atoms with Gasteiger partial charge in [-0.25, -0.2) is 8.42 Å². The Morgan fingerprint density at radius 2 is 2.11 bits per heavy atom. The molecule has 0 amide bonds. The molecule has 0 bridgehead atoms. The van der Waals surface area contributed by atoms with E-state index in [0.29, 0.717) is 0 Å². The minimum atomic E-state index is -3.06. The third-order valence-electron chi connectivity index (χ3n) is 0.665. The fraction of sp³-hybridized carbons (Fsp3) is 0.400. The molecule has 0 aromatic rings. The first-order chi connectivity index (χ1) is 4.12. The van der Waals surface area contributed by atoms with Gasteiger partial charge in [-0.1, -0.05) is 6.08 Å². The van der Waals surface area contributed by atoms with Gasteiger partial charge in [0.15, 0.2) is 9.84 Å². The van der Waals surface area contributed by atoms with Gasteiger partial charge >= 0.3 is 0 Å². The standard InChI is InChI=1S/C5H8ClO2S/c1-2-4-9(7,8)5-3-6/h2,4H,1,3,5H2. The van der Waals surface area contributed by atoms with Crippen molar-refractivity contribution >= 4 is 21.4 Å². The minimum Gasteiger partial charge on any atom is -0.228 e. The van der Waals surface area contributed by atoms with Gasteiger partial charge in [0, 0.05) is 5.88 Å². The molecule has 0 spiro atoms. The first-order valence-corrected chi connectivity index (χ1v) is 4.62. The molecular weight excluding hydrogens is 160 g/mol. The first-order valence-electron chi connectivity index (χ1n) is 2.37. The van der Waals surface area contributed by atoms with Crippen LogP contribution in [0.5, 0.6) is 0 Å². The van der Waals surface area contributed by atoms with Crippen molar-refractivity contribution in [3.63, 3.8) is 0 Å². The van der Waals surface area contributed by atoms with Crippen LogP contribution in [0.25, 0.3) is 0 Å². The van der Waals surface area contributed by atoms with Crippen molar-refractivity contribution in [2.24, 2.45) is 0 Å². The maximum Gasteiger partial charge on any atom is 0.159 e. The van der Waals surface area contributed by atoms with Gasteiger partial charge in [0.05, 0.1) is 11.5 Å². The Morgan fingerprint density at radius 1 is 1.56 bits per heavy atom. The predicted molar refractivity (Wildman–Crippen MR) is 39.0 cm³/mol. The second-order valence-corrected chi connectivity index (χ2v) is 3.81. The summed E-state index contributed by atoms with van der Waals surface area (Å²) < 4.78 is 21.2. The summed E-state index contributed by atoms with van der Waals surface area (Å²) in [5.74, 6) is 1.17. The Hall–Kier alpha value is -0.0200. The monoisotopic (exact) mass is 167 g/mol. The van der Waals surface area contributed by atoms with Crippen LogP contribution in [0.2, 0.25) is 0 Å². The Morgan fingerprint density at radius 3 is 2.44 bits per heavy atom. The Balaban J connectivity index is 3.88. The summed E-state index contributed by atoms with van der Waals surface area (Å²) in [4.78, 5) is 0. The van der Waals surface area contributed by atoms with Crippen molar-refractivity contribution in [3.8, 4) is 0 Å². The van der Waals surface area contributed by atoms with E-state index in [4.69, 9.17) is 11.6 Å². The van der Waals surface area contributed by atoms with E-state index in [0.717, 1.165) is 5.75 Å². The normalized spacial score (nSPS) is 11.2. The molecule has 53 valence electrons. The lowest BCUT2D eigenvalue weighted by atomic mass is 10.8. The number of halogens is 1. The smallest absolute Gasteiger partial charge is 0.159 e. The Bertz CT molecular complexity index is 171. The van der Waals surface area contributed by atoms with Crippen molar-refractivity contribution in [2.45, 2.75) is 0 Å². The number of hydrogen-bond acceptors (Lipinski definition) is 2. The first kappa shape index (κ1) is 8.98. The molecule has 0 aliphatic rings. The van der Waals surface area contributed by atoms with Crippen molar-refractivity contribution < 1.29 is 8.42 Å². The van der Waals surface area contributed by atoms with E-state index in [1.54, 1.807) is 0 Å². The zero-order valence-corrected chi connectivity index (χ0v) is 6.45. The van der Waals surface area contributed by atoms with Crippen LogP contribution in [0.15, 0.2) is 12.7 Å². The molecule has 9 heavy (non-hydrogen) atoms. The van der Waals surface area contributed by atoms with Crippen LogP contribution >= 0.6 is 11.6 Å². The van der Waals surface area contributed by atoms with E-state index in [1.807, 2.05) is 0 Å². The lowest BCUT2D eigenvalue weighted by molar-refractivity contribution is 0.604. The molecule has 0 heterocycles. The molecule has 0 unspecified atom stereocenters. The summed E-state index contributed by atoms with van der Waals surface area (Å²) in [6, 6.07) is 0. The van der Waals surface area contributed by atoms with E-state index in [9.17, 15) is 8.42 Å². The van der Waals surface area contributed by atoms with E-state index >= 15 is 0 Å². The van der Waals surface area contributed by atoms with Crippen LogP contribution in [0.1, 0.15) is 0 Å². The SMILES string of the molecule is C=C[CH]S(=O)(=O)CCCl. The van der Waals surface area contributed by atoms with E-state index in [-0.39, 0.29) is 11.6 Å². The zero-order chi connectivity index (χ0) is 7.33. The molecule has 0 aromatic carbocycles. The van der Waals surface area contributed by atoms with Crippen molar-refractivity contribution in [2.75, 3.05) is 11.6 Å². The third-order valence-corrected chi connectivity index (χ3v) is 2.46.